The summed E-state index contributed by atoms with van der Waals surface area (Å²) < 4.78 is 0. The third kappa shape index (κ3) is 7.43. The summed E-state index contributed by atoms with van der Waals surface area (Å²) in [5.74, 6) is 2.16. The predicted molar refractivity (Wildman–Crippen MR) is 144 cm³/mol. The highest BCUT2D eigenvalue weighted by molar-refractivity contribution is 7.80. The number of unbranched alkanes of at least 4 members (excludes halogenated alkanes) is 1. The topological polar surface area (TPSA) is 30.9 Å². The van der Waals surface area contributed by atoms with E-state index in [0.717, 1.165) is 50.1 Å². The maximum atomic E-state index is 5.88. The molecule has 0 aromatic heterocycles. The van der Waals surface area contributed by atoms with Crippen molar-refractivity contribution in [2.75, 3.05) is 26.2 Å². The van der Waals surface area contributed by atoms with Gasteiger partial charge in [0.15, 0.2) is 5.11 Å². The zero-order chi connectivity index (χ0) is 22.9. The molecule has 1 saturated heterocycles. The summed E-state index contributed by atoms with van der Waals surface area (Å²) in [5.41, 5.74) is 1.43. The highest BCUT2D eigenvalue weighted by atomic mass is 32.1. The first-order valence-corrected chi connectivity index (χ1v) is 14.0. The maximum Gasteiger partial charge on any atom is 0.171 e. The fraction of sp³-hybridized carbons (Fsp3) is 0.714. The molecule has 1 aromatic carbocycles. The van der Waals surface area contributed by atoms with Crippen LogP contribution in [0.15, 0.2) is 35.3 Å². The molecule has 0 bridgehead atoms. The Balaban J connectivity index is 1.07. The van der Waals surface area contributed by atoms with Crippen LogP contribution in [0.3, 0.4) is 0 Å². The molecule has 2 heterocycles. The maximum absolute atomic E-state index is 5.88. The summed E-state index contributed by atoms with van der Waals surface area (Å²) >= 11 is 5.88. The minimum atomic E-state index is 0.535. The highest BCUT2D eigenvalue weighted by Gasteiger charge is 2.31. The van der Waals surface area contributed by atoms with Gasteiger partial charge < -0.3 is 15.1 Å². The van der Waals surface area contributed by atoms with E-state index in [4.69, 9.17) is 17.2 Å². The number of aryl methyl sites for hydroxylation is 1. The summed E-state index contributed by atoms with van der Waals surface area (Å²) in [7, 11) is 0. The van der Waals surface area contributed by atoms with Crippen LogP contribution in [0.2, 0.25) is 0 Å². The number of hydrogen-bond acceptors (Lipinski definition) is 3. The predicted octanol–water partition coefficient (Wildman–Crippen LogP) is 5.81. The lowest BCUT2D eigenvalue weighted by Crippen LogP contribution is -2.35. The van der Waals surface area contributed by atoms with E-state index in [9.17, 15) is 0 Å². The van der Waals surface area contributed by atoms with E-state index in [-0.39, 0.29) is 0 Å². The molecule has 0 unspecified atom stereocenters. The molecule has 4 nitrogen and oxygen atoms in total. The van der Waals surface area contributed by atoms with Crippen LogP contribution < -0.4 is 5.32 Å². The van der Waals surface area contributed by atoms with Gasteiger partial charge in [-0.2, -0.15) is 0 Å². The molecule has 1 aliphatic carbocycles. The van der Waals surface area contributed by atoms with Crippen LogP contribution >= 0.6 is 12.2 Å². The number of aliphatic imine (C=N–C) groups is 1. The molecule has 1 aromatic rings. The number of thiocarbonyl (C=S) groups is 1. The largest absolute Gasteiger partial charge is 0.369 e. The molecule has 2 aliphatic heterocycles. The molecule has 1 saturated carbocycles. The van der Waals surface area contributed by atoms with Gasteiger partial charge in [0.2, 0.25) is 0 Å². The first-order chi connectivity index (χ1) is 16.2. The van der Waals surface area contributed by atoms with Crippen LogP contribution in [0.1, 0.15) is 83.1 Å². The van der Waals surface area contributed by atoms with Crippen LogP contribution in [0.4, 0.5) is 0 Å². The van der Waals surface area contributed by atoms with Crippen molar-refractivity contribution in [3.8, 4) is 0 Å². The van der Waals surface area contributed by atoms with Gasteiger partial charge in [0.05, 0.1) is 12.4 Å². The molecular weight excluding hydrogens is 424 g/mol. The van der Waals surface area contributed by atoms with Crippen molar-refractivity contribution in [1.29, 1.82) is 0 Å². The number of nitrogens with one attached hydrogen (secondary N) is 1. The molecule has 182 valence electrons. The number of rotatable bonds is 12. The normalized spacial score (nSPS) is 23.8. The second-order valence-electron chi connectivity index (χ2n) is 10.5. The molecule has 0 spiro atoms. The van der Waals surface area contributed by atoms with Crippen LogP contribution in [0.25, 0.3) is 0 Å². The SMILES string of the molecule is C[C@@H]1CN(CCCC[C@H]2CN=C(CCCc3ccccc3)N2)C(=S)N1CCC1CCCCC1. The molecule has 2 atom stereocenters. The van der Waals surface area contributed by atoms with Crippen molar-refractivity contribution in [3.05, 3.63) is 35.9 Å². The van der Waals surface area contributed by atoms with Gasteiger partial charge in [0, 0.05) is 38.1 Å². The Morgan fingerprint density at radius 1 is 0.970 bits per heavy atom. The summed E-state index contributed by atoms with van der Waals surface area (Å²) in [4.78, 5) is 9.74. The van der Waals surface area contributed by atoms with Crippen LogP contribution in [-0.2, 0) is 6.42 Å². The third-order valence-corrected chi connectivity index (χ3v) is 8.35. The van der Waals surface area contributed by atoms with Gasteiger partial charge in [-0.15, -0.1) is 0 Å². The molecule has 5 heteroatoms. The van der Waals surface area contributed by atoms with E-state index >= 15 is 0 Å². The summed E-state index contributed by atoms with van der Waals surface area (Å²) in [6, 6.07) is 11.9. The number of benzene rings is 1. The van der Waals surface area contributed by atoms with Gasteiger partial charge in [-0.05, 0) is 69.1 Å². The van der Waals surface area contributed by atoms with E-state index < -0.39 is 0 Å². The number of nitrogens with zero attached hydrogens (tertiary/aromatic N) is 3. The van der Waals surface area contributed by atoms with Gasteiger partial charge in [-0.3, -0.25) is 4.99 Å². The Morgan fingerprint density at radius 2 is 1.79 bits per heavy atom. The Hall–Kier alpha value is -1.62. The van der Waals surface area contributed by atoms with Crippen LogP contribution in [0.5, 0.6) is 0 Å². The van der Waals surface area contributed by atoms with Gasteiger partial charge in [-0.1, -0.05) is 62.4 Å². The zero-order valence-corrected chi connectivity index (χ0v) is 21.5. The summed E-state index contributed by atoms with van der Waals surface area (Å²) in [6.07, 6.45) is 15.6. The van der Waals surface area contributed by atoms with Crippen molar-refractivity contribution >= 4 is 23.2 Å². The van der Waals surface area contributed by atoms with Crippen molar-refractivity contribution in [2.45, 2.75) is 96.1 Å². The molecule has 0 amide bonds. The van der Waals surface area contributed by atoms with E-state index in [1.165, 1.54) is 75.6 Å². The van der Waals surface area contributed by atoms with E-state index in [2.05, 4.69) is 52.4 Å². The molecule has 1 N–H and O–H groups in total. The molecule has 33 heavy (non-hydrogen) atoms. The molecule has 2 fully saturated rings. The van der Waals surface area contributed by atoms with Crippen molar-refractivity contribution in [3.63, 3.8) is 0 Å². The lowest BCUT2D eigenvalue weighted by Gasteiger charge is -2.28. The van der Waals surface area contributed by atoms with E-state index in [1.807, 2.05) is 0 Å². The molecule has 3 aliphatic rings. The Kier molecular flexibility index (Phi) is 9.46. The summed E-state index contributed by atoms with van der Waals surface area (Å²) in [6.45, 7) is 6.69. The smallest absolute Gasteiger partial charge is 0.171 e. The molecule has 0 radical (unpaired) electrons. The second-order valence-corrected chi connectivity index (χ2v) is 10.9. The van der Waals surface area contributed by atoms with Gasteiger partial charge in [-0.25, -0.2) is 0 Å². The first kappa shape index (κ1) is 24.5. The van der Waals surface area contributed by atoms with Crippen LogP contribution in [0, 0.1) is 5.92 Å². The van der Waals surface area contributed by atoms with Gasteiger partial charge in [0.25, 0.3) is 0 Å². The van der Waals surface area contributed by atoms with E-state index in [1.54, 1.807) is 0 Å². The van der Waals surface area contributed by atoms with Crippen molar-refractivity contribution in [1.82, 2.24) is 15.1 Å². The summed E-state index contributed by atoms with van der Waals surface area (Å²) in [5, 5.41) is 4.79. The van der Waals surface area contributed by atoms with Crippen molar-refractivity contribution < 1.29 is 0 Å². The lowest BCUT2D eigenvalue weighted by molar-refractivity contribution is 0.284. The number of amidine groups is 1. The van der Waals surface area contributed by atoms with E-state index in [0.29, 0.717) is 12.1 Å². The Labute approximate surface area is 207 Å². The fourth-order valence-electron chi connectivity index (χ4n) is 5.83. The van der Waals surface area contributed by atoms with Gasteiger partial charge >= 0.3 is 0 Å². The number of hydrogen-bond donors (Lipinski definition) is 1. The van der Waals surface area contributed by atoms with Gasteiger partial charge in [0.1, 0.15) is 0 Å². The third-order valence-electron chi connectivity index (χ3n) is 7.86. The zero-order valence-electron chi connectivity index (χ0n) is 20.7. The first-order valence-electron chi connectivity index (χ1n) is 13.6. The minimum absolute atomic E-state index is 0.535. The Morgan fingerprint density at radius 3 is 2.61 bits per heavy atom. The average Bonchev–Trinajstić information content (AvgIpc) is 3.40. The quantitative estimate of drug-likeness (QED) is 0.310. The van der Waals surface area contributed by atoms with Crippen LogP contribution in [-0.4, -0.2) is 59.0 Å². The highest BCUT2D eigenvalue weighted by Crippen LogP contribution is 2.28. The van der Waals surface area contributed by atoms with Crippen molar-refractivity contribution in [2.24, 2.45) is 10.9 Å². The minimum Gasteiger partial charge on any atom is -0.369 e. The lowest BCUT2D eigenvalue weighted by atomic mass is 9.87. The Bertz CT molecular complexity index is 758. The standard InChI is InChI=1S/C28H44N4S/c1-23-22-31(28(33)32(23)20-18-25-13-6-3-7-14-25)19-9-8-16-26-21-29-27(30-26)17-10-15-24-11-4-2-5-12-24/h2,4-5,11-12,23,25-26H,3,6-10,13-22H2,1H3,(H,29,30)/t23-,26+/m1/s1. The molecular formula is C28H44N4S. The molecule has 4 rings (SSSR count). The average molecular weight is 469 g/mol. The monoisotopic (exact) mass is 468 g/mol. The fourth-order valence-corrected chi connectivity index (χ4v) is 6.26. The second kappa shape index (κ2) is 12.7.